The Labute approximate surface area is 59.2 Å². The first-order chi connectivity index (χ1) is 4.63. The average molecular weight is 197 g/mol. The van der Waals surface area contributed by atoms with Crippen molar-refractivity contribution in [2.75, 3.05) is 6.54 Å². The molecule has 0 aromatic carbocycles. The van der Waals surface area contributed by atoms with Gasteiger partial charge < -0.3 is 0 Å². The Balaban J connectivity index is 4.22. The van der Waals surface area contributed by atoms with Crippen molar-refractivity contribution in [2.45, 2.75) is 6.18 Å². The molecule has 1 N–H and O–H groups in total. The minimum absolute atomic E-state index is 1.70. The number of hydrogen-bond acceptors (Lipinski definition) is 2. The molecule has 0 spiro atoms. The van der Waals surface area contributed by atoms with Crippen LogP contribution in [0.3, 0.4) is 0 Å². The van der Waals surface area contributed by atoms with E-state index in [0.29, 0.717) is 0 Å². The topological polar surface area (TPSA) is 57.6 Å². The van der Waals surface area contributed by atoms with Crippen LogP contribution in [0.2, 0.25) is 0 Å². The standard InChI is InChI=1S/C2H3F4NO3S/c3-2(4,5)1-7(6)11(8,9)10/h1H2,(H,8,9,10). The molecule has 0 saturated heterocycles. The highest BCUT2D eigenvalue weighted by molar-refractivity contribution is 7.83. The molecule has 0 atom stereocenters. The zero-order valence-electron chi connectivity index (χ0n) is 4.84. The largest absolute Gasteiger partial charge is 0.405 e. The fraction of sp³-hybridized carbons (Fsp3) is 1.00. The van der Waals surface area contributed by atoms with Crippen LogP contribution in [0, 0.1) is 0 Å². The monoisotopic (exact) mass is 197 g/mol. The van der Waals surface area contributed by atoms with Crippen LogP contribution in [0.1, 0.15) is 0 Å². The predicted octanol–water partition coefficient (Wildman–Crippen LogP) is 0.538. The van der Waals surface area contributed by atoms with Crippen molar-refractivity contribution in [3.63, 3.8) is 0 Å². The van der Waals surface area contributed by atoms with Crippen LogP contribution >= 0.6 is 0 Å². The summed E-state index contributed by atoms with van der Waals surface area (Å²) >= 11 is 0. The number of halogens is 4. The predicted molar refractivity (Wildman–Crippen MR) is 25.4 cm³/mol. The van der Waals surface area contributed by atoms with Gasteiger partial charge >= 0.3 is 16.5 Å². The van der Waals surface area contributed by atoms with Crippen LogP contribution in [-0.2, 0) is 10.3 Å². The van der Waals surface area contributed by atoms with Crippen LogP contribution in [0.25, 0.3) is 0 Å². The van der Waals surface area contributed by atoms with Gasteiger partial charge in [0.05, 0.1) is 0 Å². The van der Waals surface area contributed by atoms with Crippen LogP contribution < -0.4 is 0 Å². The van der Waals surface area contributed by atoms with Crippen LogP contribution in [0.15, 0.2) is 0 Å². The van der Waals surface area contributed by atoms with Crippen molar-refractivity contribution >= 4 is 10.3 Å². The molecular weight excluding hydrogens is 194 g/mol. The van der Waals surface area contributed by atoms with E-state index >= 15 is 0 Å². The smallest absolute Gasteiger partial charge is 0.272 e. The first-order valence-electron chi connectivity index (χ1n) is 2.10. The van der Waals surface area contributed by atoms with E-state index in [0.717, 1.165) is 0 Å². The Bertz CT molecular complexity index is 220. The van der Waals surface area contributed by atoms with E-state index in [1.807, 2.05) is 0 Å². The molecule has 0 aliphatic carbocycles. The van der Waals surface area contributed by atoms with Crippen LogP contribution in [0.4, 0.5) is 17.7 Å². The maximum Gasteiger partial charge on any atom is 0.405 e. The van der Waals surface area contributed by atoms with Gasteiger partial charge in [0, 0.05) is 0 Å². The SMILES string of the molecule is O=S(=O)(O)N(F)CC(F)(F)F. The van der Waals surface area contributed by atoms with Gasteiger partial charge in [-0.15, -0.1) is 4.48 Å². The van der Waals surface area contributed by atoms with Gasteiger partial charge in [-0.3, -0.25) is 4.55 Å². The number of hydrogen-bond donors (Lipinski definition) is 1. The Hall–Kier alpha value is -0.410. The van der Waals surface area contributed by atoms with E-state index in [1.165, 1.54) is 0 Å². The molecule has 0 unspecified atom stereocenters. The molecule has 9 heteroatoms. The lowest BCUT2D eigenvalue weighted by molar-refractivity contribution is -0.156. The molecule has 0 radical (unpaired) electrons. The van der Waals surface area contributed by atoms with Gasteiger partial charge in [0.15, 0.2) is 0 Å². The number of alkyl halides is 3. The lowest BCUT2D eigenvalue weighted by Gasteiger charge is -2.09. The van der Waals surface area contributed by atoms with Gasteiger partial charge in [-0.25, -0.2) is 0 Å². The first-order valence-corrected chi connectivity index (χ1v) is 3.50. The van der Waals surface area contributed by atoms with Gasteiger partial charge in [-0.1, -0.05) is 0 Å². The zero-order valence-corrected chi connectivity index (χ0v) is 5.65. The molecule has 0 aromatic heterocycles. The van der Waals surface area contributed by atoms with Crippen LogP contribution in [0.5, 0.6) is 0 Å². The Morgan fingerprint density at radius 2 is 1.73 bits per heavy atom. The third-order valence-electron chi connectivity index (χ3n) is 0.554. The highest BCUT2D eigenvalue weighted by Crippen LogP contribution is 2.17. The summed E-state index contributed by atoms with van der Waals surface area (Å²) in [5.74, 6) is 0. The molecule has 0 rings (SSSR count). The third kappa shape index (κ3) is 4.93. The van der Waals surface area contributed by atoms with Gasteiger partial charge in [-0.05, 0) is 4.53 Å². The molecule has 0 fully saturated rings. The van der Waals surface area contributed by atoms with E-state index in [1.54, 1.807) is 0 Å². The van der Waals surface area contributed by atoms with Gasteiger partial charge in [0.25, 0.3) is 0 Å². The zero-order chi connectivity index (χ0) is 9.28. The molecule has 0 bridgehead atoms. The summed E-state index contributed by atoms with van der Waals surface area (Å²) in [7, 11) is -5.39. The second-order valence-electron chi connectivity index (χ2n) is 1.54. The van der Waals surface area contributed by atoms with E-state index in [9.17, 15) is 26.1 Å². The molecule has 68 valence electrons. The molecule has 0 heterocycles. The van der Waals surface area contributed by atoms with Crippen molar-refractivity contribution in [1.29, 1.82) is 0 Å². The van der Waals surface area contributed by atoms with Gasteiger partial charge in [-0.2, -0.15) is 21.6 Å². The fourth-order valence-corrected chi connectivity index (χ4v) is 0.532. The maximum absolute atomic E-state index is 11.7. The molecule has 11 heavy (non-hydrogen) atoms. The summed E-state index contributed by atoms with van der Waals surface area (Å²) in [5, 5.41) is 0. The lowest BCUT2D eigenvalue weighted by Crippen LogP contribution is -2.32. The molecule has 0 saturated carbocycles. The first kappa shape index (κ1) is 10.6. The van der Waals surface area contributed by atoms with Crippen molar-refractivity contribution in [1.82, 2.24) is 4.53 Å². The third-order valence-corrected chi connectivity index (χ3v) is 1.18. The minimum Gasteiger partial charge on any atom is -0.272 e. The lowest BCUT2D eigenvalue weighted by atomic mass is 10.7. The number of nitrogens with zero attached hydrogens (tertiary/aromatic N) is 1. The highest BCUT2D eigenvalue weighted by Gasteiger charge is 2.36. The van der Waals surface area contributed by atoms with Crippen LogP contribution in [-0.4, -0.2) is 30.2 Å². The molecule has 0 aliphatic rings. The van der Waals surface area contributed by atoms with Gasteiger partial charge in [0.2, 0.25) is 0 Å². The number of rotatable bonds is 2. The second-order valence-corrected chi connectivity index (χ2v) is 2.83. The summed E-state index contributed by atoms with van der Waals surface area (Å²) in [6.45, 7) is -2.36. The molecular formula is C2H3F4NO3S. The molecule has 4 nitrogen and oxygen atoms in total. The van der Waals surface area contributed by atoms with Gasteiger partial charge in [0.1, 0.15) is 6.54 Å². The summed E-state index contributed by atoms with van der Waals surface area (Å²) in [4.78, 5) is 0. The van der Waals surface area contributed by atoms with Crippen molar-refractivity contribution in [3.8, 4) is 0 Å². The van der Waals surface area contributed by atoms with E-state index in [2.05, 4.69) is 0 Å². The Kier molecular flexibility index (Phi) is 2.80. The van der Waals surface area contributed by atoms with Crippen molar-refractivity contribution in [2.24, 2.45) is 0 Å². The average Bonchev–Trinajstić information content (AvgIpc) is 1.56. The van der Waals surface area contributed by atoms with Crippen molar-refractivity contribution in [3.05, 3.63) is 0 Å². The van der Waals surface area contributed by atoms with E-state index in [-0.39, 0.29) is 0 Å². The summed E-state index contributed by atoms with van der Waals surface area (Å²) in [6.07, 6.45) is -5.01. The molecule has 0 aliphatic heterocycles. The molecule has 0 aromatic rings. The normalized spacial score (nSPS) is 14.0. The Morgan fingerprint density at radius 3 is 1.82 bits per heavy atom. The quantitative estimate of drug-likeness (QED) is 0.399. The Morgan fingerprint density at radius 1 is 1.36 bits per heavy atom. The minimum atomic E-state index is -5.39. The van der Waals surface area contributed by atoms with Crippen molar-refractivity contribution < 1.29 is 30.6 Å². The highest BCUT2D eigenvalue weighted by atomic mass is 32.2. The van der Waals surface area contributed by atoms with E-state index < -0.39 is 27.6 Å². The molecule has 0 amide bonds. The van der Waals surface area contributed by atoms with E-state index in [4.69, 9.17) is 4.55 Å². The summed E-state index contributed by atoms with van der Waals surface area (Å²) in [5.41, 5.74) is 0. The maximum atomic E-state index is 11.7. The second kappa shape index (κ2) is 2.91. The summed E-state index contributed by atoms with van der Waals surface area (Å²) < 4.78 is 70.4. The summed E-state index contributed by atoms with van der Waals surface area (Å²) in [6, 6.07) is 0. The fourth-order valence-electron chi connectivity index (χ4n) is 0.223.